The van der Waals surface area contributed by atoms with Crippen molar-refractivity contribution in [2.45, 2.75) is 315 Å². The van der Waals surface area contributed by atoms with Gasteiger partial charge in [0.15, 0.2) is 0 Å². The summed E-state index contributed by atoms with van der Waals surface area (Å²) >= 11 is 0. The number of hydrogen-bond acceptors (Lipinski definition) is 7. The predicted molar refractivity (Wildman–Crippen MR) is 376 cm³/mol. The van der Waals surface area contributed by atoms with Crippen molar-refractivity contribution >= 4 is 19.7 Å². The zero-order valence-corrected chi connectivity index (χ0v) is 58.1. The zero-order chi connectivity index (χ0) is 63.5. The molecule has 0 fully saturated rings. The maximum absolute atomic E-state index is 13.6. The minimum atomic E-state index is -4.71. The van der Waals surface area contributed by atoms with Gasteiger partial charge in [-0.1, -0.05) is 290 Å². The summed E-state index contributed by atoms with van der Waals surface area (Å²) in [6.07, 6.45) is 91.7. The fraction of sp³-hybridized carbons (Fsp3) is 0.714. The van der Waals surface area contributed by atoms with Crippen molar-refractivity contribution in [2.24, 2.45) is 0 Å². The lowest BCUT2D eigenvalue weighted by atomic mass is 10.0. The first-order valence-corrected chi connectivity index (χ1v) is 37.3. The lowest BCUT2D eigenvalue weighted by Crippen LogP contribution is -2.47. The van der Waals surface area contributed by atoms with Gasteiger partial charge >= 0.3 is 5.97 Å². The lowest BCUT2D eigenvalue weighted by molar-refractivity contribution is -0.870. The highest BCUT2D eigenvalue weighted by Gasteiger charge is 2.27. The molecule has 0 bridgehead atoms. The molecule has 0 aromatic carbocycles. The molecule has 0 aromatic rings. The Morgan fingerprint density at radius 2 is 0.736 bits per heavy atom. The van der Waals surface area contributed by atoms with E-state index in [0.29, 0.717) is 23.9 Å². The van der Waals surface area contributed by atoms with E-state index in [0.717, 1.165) is 128 Å². The van der Waals surface area contributed by atoms with Crippen molar-refractivity contribution in [2.75, 3.05) is 40.9 Å². The van der Waals surface area contributed by atoms with Crippen LogP contribution in [0.5, 0.6) is 0 Å². The van der Waals surface area contributed by atoms with Crippen molar-refractivity contribution in [3.8, 4) is 0 Å². The van der Waals surface area contributed by atoms with Gasteiger partial charge in [-0.25, -0.2) is 0 Å². The third-order valence-corrected chi connectivity index (χ3v) is 16.3. The molecular weight excluding hydrogens is 1100 g/mol. The highest BCUT2D eigenvalue weighted by Crippen LogP contribution is 2.38. The number of nitrogens with zero attached hydrogens (tertiary/aromatic N) is 1. The van der Waals surface area contributed by atoms with Crippen LogP contribution >= 0.6 is 7.82 Å². The van der Waals surface area contributed by atoms with Crippen molar-refractivity contribution in [1.82, 2.24) is 5.32 Å². The first-order valence-electron chi connectivity index (χ1n) is 35.8. The van der Waals surface area contributed by atoms with Gasteiger partial charge in [-0.2, -0.15) is 0 Å². The Balaban J connectivity index is 5.06. The molecule has 0 heterocycles. The summed E-state index contributed by atoms with van der Waals surface area (Å²) in [6.45, 7) is 6.70. The van der Waals surface area contributed by atoms with Gasteiger partial charge in [0.05, 0.1) is 33.8 Å². The Hall–Kier alpha value is -3.59. The molecule has 3 atom stereocenters. The van der Waals surface area contributed by atoms with E-state index in [1.807, 2.05) is 33.3 Å². The molecular formula is C77H135N2O7P. The molecule has 0 aliphatic rings. The van der Waals surface area contributed by atoms with E-state index in [9.17, 15) is 19.0 Å². The summed E-state index contributed by atoms with van der Waals surface area (Å²) in [6, 6.07) is -0.903. The largest absolute Gasteiger partial charge is 0.756 e. The topological polar surface area (TPSA) is 114 Å². The summed E-state index contributed by atoms with van der Waals surface area (Å²) in [7, 11) is 1.17. The van der Waals surface area contributed by atoms with E-state index >= 15 is 0 Å². The number of esters is 1. The molecule has 0 rings (SSSR count). The first kappa shape index (κ1) is 83.4. The molecule has 1 N–H and O–H groups in total. The number of likely N-dealkylation sites (N-methyl/N-ethyl adjacent to an activating group) is 1. The standard InChI is InChI=1S/C77H135N2O7P/c1-7-10-13-16-19-22-25-27-29-31-33-35-37-38-39-40-42-44-46-48-50-52-55-58-61-64-67-70-77(81)86-75(68-65-62-59-56-53-24-21-18-15-12-9-3)74(73-85-87(82,83)84-72-71-79(4,5)6)78-76(80)69-66-63-60-57-54-51-49-47-45-43-41-36-34-32-30-28-26-23-20-17-14-11-8-2/h10,13,19-20,22-23,27-30,33-36,38-39,42,44,65,68,74-75H,7-9,11-12,14-18,21,24-26,31-32,37,40-41,43,45-64,66-67,69-73H2,1-6H3,(H-,78,80,82,83)/b13-10-,22-19-,23-20-,29-27-,30-28-,35-33-,36-34-,39-38-,44-42-,68-65+. The number of phosphoric acid groups is 1. The molecule has 0 aliphatic heterocycles. The number of amides is 1. The molecule has 10 heteroatoms. The predicted octanol–water partition coefficient (Wildman–Crippen LogP) is 22.4. The van der Waals surface area contributed by atoms with Crippen LogP contribution < -0.4 is 10.2 Å². The second-order valence-corrected chi connectivity index (χ2v) is 26.4. The van der Waals surface area contributed by atoms with Gasteiger partial charge in [0, 0.05) is 12.8 Å². The van der Waals surface area contributed by atoms with Crippen LogP contribution in [0.15, 0.2) is 122 Å². The van der Waals surface area contributed by atoms with E-state index in [2.05, 4.69) is 135 Å². The second kappa shape index (κ2) is 65.4. The molecule has 1 amide bonds. The van der Waals surface area contributed by atoms with Crippen LogP contribution in [0, 0.1) is 0 Å². The minimum Gasteiger partial charge on any atom is -0.756 e. The Bertz CT molecular complexity index is 1900. The zero-order valence-electron chi connectivity index (χ0n) is 57.2. The van der Waals surface area contributed by atoms with E-state index in [-0.39, 0.29) is 24.9 Å². The number of rotatable bonds is 64. The fourth-order valence-electron chi connectivity index (χ4n) is 9.89. The molecule has 0 aromatic heterocycles. The molecule has 9 nitrogen and oxygen atoms in total. The number of phosphoric ester groups is 1. The highest BCUT2D eigenvalue weighted by atomic mass is 31.2. The monoisotopic (exact) mass is 1230 g/mol. The summed E-state index contributed by atoms with van der Waals surface area (Å²) in [4.78, 5) is 40.2. The summed E-state index contributed by atoms with van der Waals surface area (Å²) in [5.74, 6) is -0.557. The van der Waals surface area contributed by atoms with Crippen LogP contribution in [0.25, 0.3) is 0 Å². The van der Waals surface area contributed by atoms with Crippen LogP contribution in [0.2, 0.25) is 0 Å². The van der Waals surface area contributed by atoms with Gasteiger partial charge in [0.2, 0.25) is 5.91 Å². The number of carbonyl (C=O) groups excluding carboxylic acids is 2. The Labute approximate surface area is 537 Å². The first-order chi connectivity index (χ1) is 42.4. The number of allylic oxidation sites excluding steroid dienone is 19. The van der Waals surface area contributed by atoms with Gasteiger partial charge < -0.3 is 28.5 Å². The maximum Gasteiger partial charge on any atom is 0.306 e. The minimum absolute atomic E-state index is 0.0300. The summed E-state index contributed by atoms with van der Waals surface area (Å²) in [5, 5.41) is 3.04. The average Bonchev–Trinajstić information content (AvgIpc) is 3.70. The number of ether oxygens (including phenoxy) is 1. The summed E-state index contributed by atoms with van der Waals surface area (Å²) in [5.41, 5.74) is 0. The molecule has 87 heavy (non-hydrogen) atoms. The summed E-state index contributed by atoms with van der Waals surface area (Å²) < 4.78 is 30.4. The third kappa shape index (κ3) is 66.7. The van der Waals surface area contributed by atoms with Crippen LogP contribution in [0.4, 0.5) is 0 Å². The average molecular weight is 1230 g/mol. The van der Waals surface area contributed by atoms with Crippen LogP contribution in [0.1, 0.15) is 303 Å². The number of quaternary nitrogens is 1. The van der Waals surface area contributed by atoms with E-state index < -0.39 is 26.6 Å². The Morgan fingerprint density at radius 1 is 0.414 bits per heavy atom. The number of nitrogens with one attached hydrogen (secondary N) is 1. The van der Waals surface area contributed by atoms with Crippen molar-refractivity contribution in [3.05, 3.63) is 122 Å². The molecule has 0 spiro atoms. The van der Waals surface area contributed by atoms with Gasteiger partial charge in [0.25, 0.3) is 7.82 Å². The maximum atomic E-state index is 13.6. The number of unbranched alkanes of at least 4 members (excludes halogenated alkanes) is 30. The van der Waals surface area contributed by atoms with Gasteiger partial charge in [0.1, 0.15) is 19.3 Å². The van der Waals surface area contributed by atoms with E-state index in [1.165, 1.54) is 135 Å². The van der Waals surface area contributed by atoms with Crippen molar-refractivity contribution < 1.29 is 37.3 Å². The van der Waals surface area contributed by atoms with E-state index in [1.54, 1.807) is 0 Å². The van der Waals surface area contributed by atoms with Crippen LogP contribution in [-0.4, -0.2) is 69.4 Å². The number of hydrogen-bond donors (Lipinski definition) is 1. The fourth-order valence-corrected chi connectivity index (χ4v) is 10.6. The van der Waals surface area contributed by atoms with Crippen molar-refractivity contribution in [3.63, 3.8) is 0 Å². The van der Waals surface area contributed by atoms with Crippen molar-refractivity contribution in [1.29, 1.82) is 0 Å². The lowest BCUT2D eigenvalue weighted by Gasteiger charge is -2.30. The Morgan fingerprint density at radius 3 is 1.13 bits per heavy atom. The molecule has 0 radical (unpaired) electrons. The molecule has 500 valence electrons. The van der Waals surface area contributed by atoms with E-state index in [4.69, 9.17) is 13.8 Å². The Kier molecular flexibility index (Phi) is 62.7. The number of carbonyl (C=O) groups is 2. The van der Waals surface area contributed by atoms with Crippen LogP contribution in [-0.2, 0) is 27.9 Å². The second-order valence-electron chi connectivity index (χ2n) is 25.0. The molecule has 3 unspecified atom stereocenters. The van der Waals surface area contributed by atoms with Crippen LogP contribution in [0.3, 0.4) is 0 Å². The normalized spacial score (nSPS) is 14.2. The van der Waals surface area contributed by atoms with Gasteiger partial charge in [-0.15, -0.1) is 0 Å². The van der Waals surface area contributed by atoms with Gasteiger partial charge in [-0.3, -0.25) is 14.2 Å². The molecule has 0 aliphatic carbocycles. The molecule has 0 saturated carbocycles. The third-order valence-electron chi connectivity index (χ3n) is 15.4. The highest BCUT2D eigenvalue weighted by molar-refractivity contribution is 7.45. The smallest absolute Gasteiger partial charge is 0.306 e. The quantitative estimate of drug-likeness (QED) is 0.0212. The SMILES string of the molecule is CC/C=C\C/C=C\C/C=C\C/C=C\C/C=C\C/C=C\CCCCCCCCCCC(=O)OC(/C=C/CCCCCCCCCCC)C(COP(=O)([O-])OCC[N+](C)(C)C)NC(=O)CCCCCCCCCCCC/C=C\C/C=C\C/C=C\CCCCC. The molecule has 0 saturated heterocycles. The van der Waals surface area contributed by atoms with Gasteiger partial charge in [-0.05, 0) is 122 Å².